The Bertz CT molecular complexity index is 1210. The highest BCUT2D eigenvalue weighted by atomic mass is 32.2. The molecule has 0 bridgehead atoms. The first-order chi connectivity index (χ1) is 15.3. The van der Waals surface area contributed by atoms with Crippen LogP contribution in [0.15, 0.2) is 47.4 Å². The summed E-state index contributed by atoms with van der Waals surface area (Å²) in [5.41, 5.74) is 3.00. The number of carbonyl (C=O) groups is 1. The smallest absolute Gasteiger partial charge is 0.248 e. The molecule has 0 spiro atoms. The van der Waals surface area contributed by atoms with E-state index < -0.39 is 10.0 Å². The first-order valence-corrected chi connectivity index (χ1v) is 12.0. The Morgan fingerprint density at radius 3 is 2.47 bits per heavy atom. The number of nitrogens with one attached hydrogen (secondary N) is 1. The van der Waals surface area contributed by atoms with E-state index in [0.29, 0.717) is 30.2 Å². The van der Waals surface area contributed by atoms with Crippen LogP contribution in [0, 0.1) is 13.8 Å². The molecular formula is C22H26N6O3S. The number of anilines is 1. The minimum atomic E-state index is -3.60. The topological polar surface area (TPSA) is 110 Å². The number of carbonyl (C=O) groups excluding carboxylic acids is 1. The lowest BCUT2D eigenvalue weighted by Gasteiger charge is -2.26. The predicted octanol–water partition coefficient (Wildman–Crippen LogP) is 2.77. The van der Waals surface area contributed by atoms with E-state index in [1.165, 1.54) is 15.2 Å². The third kappa shape index (κ3) is 4.86. The van der Waals surface area contributed by atoms with Gasteiger partial charge in [-0.15, -0.1) is 10.2 Å². The maximum atomic E-state index is 13.1. The molecule has 10 heteroatoms. The van der Waals surface area contributed by atoms with Gasteiger partial charge in [0.25, 0.3) is 0 Å². The molecule has 3 aromatic rings. The highest BCUT2D eigenvalue weighted by Crippen LogP contribution is 2.26. The maximum Gasteiger partial charge on any atom is 0.248 e. The Morgan fingerprint density at radius 2 is 1.75 bits per heavy atom. The minimum Gasteiger partial charge on any atom is -0.324 e. The lowest BCUT2D eigenvalue weighted by atomic mass is 10.1. The predicted molar refractivity (Wildman–Crippen MR) is 120 cm³/mol. The van der Waals surface area contributed by atoms with Gasteiger partial charge < -0.3 is 5.32 Å². The van der Waals surface area contributed by atoms with Crippen molar-refractivity contribution in [3.8, 4) is 11.4 Å². The summed E-state index contributed by atoms with van der Waals surface area (Å²) in [6.07, 6.45) is 2.78. The fourth-order valence-corrected chi connectivity index (χ4v) is 5.43. The van der Waals surface area contributed by atoms with Gasteiger partial charge in [0.2, 0.25) is 21.8 Å². The number of hydrogen-bond donors (Lipinski definition) is 1. The Balaban J connectivity index is 1.46. The molecule has 2 heterocycles. The van der Waals surface area contributed by atoms with Crippen molar-refractivity contribution in [3.63, 3.8) is 0 Å². The zero-order chi connectivity index (χ0) is 22.7. The van der Waals surface area contributed by atoms with Crippen LogP contribution < -0.4 is 5.32 Å². The summed E-state index contributed by atoms with van der Waals surface area (Å²) in [5.74, 6) is 0.0612. The number of amides is 1. The largest absolute Gasteiger partial charge is 0.324 e. The summed E-state index contributed by atoms with van der Waals surface area (Å²) in [4.78, 5) is 14.0. The average molecular weight is 455 g/mol. The van der Waals surface area contributed by atoms with Crippen molar-refractivity contribution in [1.82, 2.24) is 24.5 Å². The number of rotatable bonds is 6. The minimum absolute atomic E-state index is 0.138. The summed E-state index contributed by atoms with van der Waals surface area (Å²) < 4.78 is 27.7. The van der Waals surface area contributed by atoms with Crippen molar-refractivity contribution >= 4 is 21.6 Å². The molecule has 0 unspecified atom stereocenters. The van der Waals surface area contributed by atoms with Gasteiger partial charge in [-0.2, -0.15) is 9.10 Å². The molecule has 1 fully saturated rings. The Kier molecular flexibility index (Phi) is 6.33. The van der Waals surface area contributed by atoms with Crippen LogP contribution in [-0.2, 0) is 21.4 Å². The average Bonchev–Trinajstić information content (AvgIpc) is 3.24. The Morgan fingerprint density at radius 1 is 1.03 bits per heavy atom. The van der Waals surface area contributed by atoms with Gasteiger partial charge in [0, 0.05) is 24.3 Å². The van der Waals surface area contributed by atoms with Crippen molar-refractivity contribution < 1.29 is 13.2 Å². The number of tetrazole rings is 1. The second-order valence-corrected chi connectivity index (χ2v) is 9.91. The first kappa shape index (κ1) is 22.1. The molecule has 0 saturated carbocycles. The highest BCUT2D eigenvalue weighted by molar-refractivity contribution is 7.89. The fourth-order valence-electron chi connectivity index (χ4n) is 3.66. The van der Waals surface area contributed by atoms with E-state index in [2.05, 4.69) is 20.7 Å². The quantitative estimate of drug-likeness (QED) is 0.613. The highest BCUT2D eigenvalue weighted by Gasteiger charge is 2.27. The van der Waals surface area contributed by atoms with Crippen molar-refractivity contribution in [2.75, 3.05) is 18.4 Å². The van der Waals surface area contributed by atoms with E-state index in [1.807, 2.05) is 31.2 Å². The molecule has 0 atom stereocenters. The van der Waals surface area contributed by atoms with Crippen LogP contribution in [0.3, 0.4) is 0 Å². The second-order valence-electron chi connectivity index (χ2n) is 8.00. The SMILES string of the molecule is Cc1ccc(-c2nnn(CC(=O)Nc3ccc(C)c(S(=O)(=O)N4CCCCC4)c3)n2)cc1. The van der Waals surface area contributed by atoms with E-state index in [1.54, 1.807) is 19.1 Å². The van der Waals surface area contributed by atoms with Gasteiger partial charge in [0.15, 0.2) is 0 Å². The van der Waals surface area contributed by atoms with Crippen LogP contribution in [0.25, 0.3) is 11.4 Å². The van der Waals surface area contributed by atoms with Gasteiger partial charge in [-0.05, 0) is 49.6 Å². The van der Waals surface area contributed by atoms with Gasteiger partial charge in [-0.25, -0.2) is 8.42 Å². The van der Waals surface area contributed by atoms with Crippen LogP contribution >= 0.6 is 0 Å². The van der Waals surface area contributed by atoms with E-state index in [9.17, 15) is 13.2 Å². The van der Waals surface area contributed by atoms with Crippen LogP contribution in [0.2, 0.25) is 0 Å². The van der Waals surface area contributed by atoms with Crippen molar-refractivity contribution in [1.29, 1.82) is 0 Å². The molecule has 9 nitrogen and oxygen atoms in total. The second kappa shape index (κ2) is 9.17. The molecule has 1 aliphatic heterocycles. The molecule has 32 heavy (non-hydrogen) atoms. The Hall–Kier alpha value is -3.11. The zero-order valence-electron chi connectivity index (χ0n) is 18.2. The number of piperidine rings is 1. The standard InChI is InChI=1S/C22H26N6O3S/c1-16-6-9-18(10-7-16)22-24-26-28(25-22)15-21(29)23-19-11-8-17(2)20(14-19)32(30,31)27-12-4-3-5-13-27/h6-11,14H,3-5,12-13,15H2,1-2H3,(H,23,29). The molecule has 1 aliphatic rings. The molecule has 1 aromatic heterocycles. The molecule has 1 N–H and O–H groups in total. The third-order valence-corrected chi connectivity index (χ3v) is 7.49. The monoisotopic (exact) mass is 454 g/mol. The van der Waals surface area contributed by atoms with E-state index in [0.717, 1.165) is 30.4 Å². The fraction of sp³-hybridized carbons (Fsp3) is 0.364. The first-order valence-electron chi connectivity index (χ1n) is 10.6. The van der Waals surface area contributed by atoms with Gasteiger partial charge in [-0.3, -0.25) is 4.79 Å². The molecule has 2 aromatic carbocycles. The van der Waals surface area contributed by atoms with Gasteiger partial charge >= 0.3 is 0 Å². The molecule has 0 radical (unpaired) electrons. The number of aryl methyl sites for hydroxylation is 2. The number of nitrogens with zero attached hydrogens (tertiary/aromatic N) is 5. The van der Waals surface area contributed by atoms with E-state index in [4.69, 9.17) is 0 Å². The molecule has 1 saturated heterocycles. The van der Waals surface area contributed by atoms with Gasteiger partial charge in [-0.1, -0.05) is 42.3 Å². The van der Waals surface area contributed by atoms with E-state index >= 15 is 0 Å². The molecule has 168 valence electrons. The van der Waals surface area contributed by atoms with Crippen LogP contribution in [0.1, 0.15) is 30.4 Å². The molecule has 4 rings (SSSR count). The van der Waals surface area contributed by atoms with Crippen LogP contribution in [0.5, 0.6) is 0 Å². The summed E-state index contributed by atoms with van der Waals surface area (Å²) in [6.45, 7) is 4.67. The van der Waals surface area contributed by atoms with Gasteiger partial charge in [0.05, 0.1) is 4.90 Å². The number of hydrogen-bond acceptors (Lipinski definition) is 6. The molecular weight excluding hydrogens is 428 g/mol. The summed E-state index contributed by atoms with van der Waals surface area (Å²) in [7, 11) is -3.60. The van der Waals surface area contributed by atoms with Crippen molar-refractivity contribution in [3.05, 3.63) is 53.6 Å². The number of benzene rings is 2. The Labute approximate surface area is 187 Å². The summed E-state index contributed by atoms with van der Waals surface area (Å²) >= 11 is 0. The summed E-state index contributed by atoms with van der Waals surface area (Å²) in [6, 6.07) is 12.6. The molecule has 1 amide bonds. The van der Waals surface area contributed by atoms with Crippen LogP contribution in [-0.4, -0.2) is 51.9 Å². The number of sulfonamides is 1. The number of aromatic nitrogens is 4. The van der Waals surface area contributed by atoms with Crippen molar-refractivity contribution in [2.45, 2.75) is 44.6 Å². The van der Waals surface area contributed by atoms with E-state index in [-0.39, 0.29) is 17.3 Å². The normalized spacial score (nSPS) is 14.9. The molecule has 0 aliphatic carbocycles. The lowest BCUT2D eigenvalue weighted by molar-refractivity contribution is -0.117. The lowest BCUT2D eigenvalue weighted by Crippen LogP contribution is -2.36. The van der Waals surface area contributed by atoms with Gasteiger partial charge in [0.1, 0.15) is 6.54 Å². The van der Waals surface area contributed by atoms with Crippen molar-refractivity contribution in [2.24, 2.45) is 0 Å². The summed E-state index contributed by atoms with van der Waals surface area (Å²) in [5, 5.41) is 14.9. The zero-order valence-corrected chi connectivity index (χ0v) is 19.0. The third-order valence-electron chi connectivity index (χ3n) is 5.45. The maximum absolute atomic E-state index is 13.1. The van der Waals surface area contributed by atoms with Crippen LogP contribution in [0.4, 0.5) is 5.69 Å².